The van der Waals surface area contributed by atoms with Gasteiger partial charge in [0.05, 0.1) is 0 Å². The highest BCUT2D eigenvalue weighted by Gasteiger charge is 2.22. The highest BCUT2D eigenvalue weighted by atomic mass is 16.2. The highest BCUT2D eigenvalue weighted by molar-refractivity contribution is 5.90. The average molecular weight is 593 g/mol. The molecule has 0 aliphatic carbocycles. The van der Waals surface area contributed by atoms with E-state index in [1.54, 1.807) is 24.5 Å². The van der Waals surface area contributed by atoms with E-state index in [1.165, 1.54) is 57.8 Å². The van der Waals surface area contributed by atoms with Gasteiger partial charge in [-0.05, 0) is 37.0 Å². The van der Waals surface area contributed by atoms with Crippen molar-refractivity contribution in [3.8, 4) is 0 Å². The maximum atomic E-state index is 13.0. The first-order valence-electron chi connectivity index (χ1n) is 16.9. The fourth-order valence-electron chi connectivity index (χ4n) is 5.22. The Morgan fingerprint density at radius 1 is 0.628 bits per heavy atom. The van der Waals surface area contributed by atoms with Gasteiger partial charge in [-0.15, -0.1) is 0 Å². The largest absolute Gasteiger partial charge is 0.354 e. The number of nitrogens with zero attached hydrogens (tertiary/aromatic N) is 1. The van der Waals surface area contributed by atoms with Crippen molar-refractivity contribution in [1.29, 1.82) is 0 Å². The number of pyridine rings is 1. The van der Waals surface area contributed by atoms with Gasteiger partial charge in [0.15, 0.2) is 0 Å². The summed E-state index contributed by atoms with van der Waals surface area (Å²) in [5.74, 6) is -0.137. The van der Waals surface area contributed by atoms with Crippen LogP contribution in [0.2, 0.25) is 0 Å². The summed E-state index contributed by atoms with van der Waals surface area (Å²) in [6.07, 6.45) is 23.8. The molecule has 1 atom stereocenters. The van der Waals surface area contributed by atoms with Gasteiger partial charge in [-0.25, -0.2) is 0 Å². The van der Waals surface area contributed by atoms with Crippen molar-refractivity contribution in [2.24, 2.45) is 0 Å². The van der Waals surface area contributed by atoms with Gasteiger partial charge >= 0.3 is 0 Å². The average Bonchev–Trinajstić information content (AvgIpc) is 3.02. The van der Waals surface area contributed by atoms with Gasteiger partial charge in [-0.3, -0.25) is 19.4 Å². The third-order valence-corrected chi connectivity index (χ3v) is 7.80. The molecule has 0 saturated heterocycles. The van der Waals surface area contributed by atoms with Crippen LogP contribution in [0, 0.1) is 0 Å². The molecular formula is C36H56N4O3. The zero-order valence-electron chi connectivity index (χ0n) is 26.6. The van der Waals surface area contributed by atoms with E-state index in [9.17, 15) is 14.4 Å². The molecule has 0 aliphatic heterocycles. The van der Waals surface area contributed by atoms with Gasteiger partial charge in [0.1, 0.15) is 6.04 Å². The van der Waals surface area contributed by atoms with Gasteiger partial charge < -0.3 is 16.0 Å². The van der Waals surface area contributed by atoms with Gasteiger partial charge in [0, 0.05) is 37.5 Å². The van der Waals surface area contributed by atoms with Crippen molar-refractivity contribution >= 4 is 23.4 Å². The Balaban J connectivity index is 1.53. The van der Waals surface area contributed by atoms with E-state index in [0.717, 1.165) is 62.6 Å². The molecule has 0 saturated carbocycles. The minimum absolute atomic E-state index is 0.0543. The second kappa shape index (κ2) is 24.2. The van der Waals surface area contributed by atoms with Crippen LogP contribution >= 0.6 is 0 Å². The molecular weight excluding hydrogens is 536 g/mol. The number of aromatic nitrogens is 1. The second-order valence-corrected chi connectivity index (χ2v) is 11.6. The normalized spacial score (nSPS) is 11.6. The Morgan fingerprint density at radius 2 is 1.14 bits per heavy atom. The molecule has 0 unspecified atom stereocenters. The summed E-state index contributed by atoms with van der Waals surface area (Å²) < 4.78 is 0. The van der Waals surface area contributed by atoms with Gasteiger partial charge in [-0.2, -0.15) is 0 Å². The van der Waals surface area contributed by atoms with E-state index < -0.39 is 6.04 Å². The maximum absolute atomic E-state index is 13.0. The lowest BCUT2D eigenvalue weighted by Gasteiger charge is -2.19. The second-order valence-electron chi connectivity index (χ2n) is 11.6. The Bertz CT molecular complexity index is 1000. The molecule has 0 bridgehead atoms. The van der Waals surface area contributed by atoms with Crippen molar-refractivity contribution < 1.29 is 14.4 Å². The summed E-state index contributed by atoms with van der Waals surface area (Å²) in [4.78, 5) is 41.7. The molecule has 238 valence electrons. The first kappa shape index (κ1) is 36.0. The zero-order valence-corrected chi connectivity index (χ0v) is 26.6. The molecule has 0 fully saturated rings. The molecule has 7 nitrogen and oxygen atoms in total. The monoisotopic (exact) mass is 592 g/mol. The van der Waals surface area contributed by atoms with E-state index >= 15 is 0 Å². The summed E-state index contributed by atoms with van der Waals surface area (Å²) in [5.41, 5.74) is 1.61. The number of nitrogens with one attached hydrogen (secondary N) is 3. The van der Waals surface area contributed by atoms with Crippen molar-refractivity contribution in [3.63, 3.8) is 0 Å². The molecule has 0 spiro atoms. The predicted octanol–water partition coefficient (Wildman–Crippen LogP) is 8.43. The van der Waals surface area contributed by atoms with Crippen LogP contribution in [0.4, 0.5) is 5.69 Å². The fraction of sp³-hybridized carbons (Fsp3) is 0.611. The molecule has 3 N–H and O–H groups in total. The molecule has 1 aromatic heterocycles. The third-order valence-electron chi connectivity index (χ3n) is 7.80. The molecule has 0 aliphatic rings. The van der Waals surface area contributed by atoms with E-state index in [4.69, 9.17) is 0 Å². The minimum atomic E-state index is -0.654. The van der Waals surface area contributed by atoms with Crippen LogP contribution < -0.4 is 16.0 Å². The van der Waals surface area contributed by atoms with Gasteiger partial charge in [0.25, 0.3) is 0 Å². The Labute approximate surface area is 260 Å². The number of unbranched alkanes of at least 4 members (excludes halogenated alkanes) is 15. The summed E-state index contributed by atoms with van der Waals surface area (Å²) >= 11 is 0. The molecule has 0 radical (unpaired) electrons. The number of carbonyl (C=O) groups is 3. The first-order valence-corrected chi connectivity index (χ1v) is 16.9. The Morgan fingerprint density at radius 3 is 1.72 bits per heavy atom. The predicted molar refractivity (Wildman–Crippen MR) is 177 cm³/mol. The topological polar surface area (TPSA) is 100 Å². The van der Waals surface area contributed by atoms with Gasteiger partial charge in [-0.1, -0.05) is 127 Å². The summed E-state index contributed by atoms with van der Waals surface area (Å²) in [6, 6.07) is 12.5. The van der Waals surface area contributed by atoms with Crippen molar-refractivity contribution in [2.75, 3.05) is 11.9 Å². The number of benzene rings is 1. The van der Waals surface area contributed by atoms with E-state index in [1.807, 2.05) is 30.3 Å². The van der Waals surface area contributed by atoms with E-state index in [-0.39, 0.29) is 17.7 Å². The Kier molecular flexibility index (Phi) is 20.3. The first-order chi connectivity index (χ1) is 21.1. The van der Waals surface area contributed by atoms with Crippen LogP contribution in [-0.2, 0) is 14.4 Å². The number of carbonyl (C=O) groups excluding carboxylic acids is 3. The number of hydrogen-bond acceptors (Lipinski definition) is 4. The lowest BCUT2D eigenvalue weighted by molar-refractivity contribution is -0.129. The lowest BCUT2D eigenvalue weighted by Crippen LogP contribution is -2.40. The smallest absolute Gasteiger partial charge is 0.247 e. The van der Waals surface area contributed by atoms with E-state index in [2.05, 4.69) is 27.9 Å². The van der Waals surface area contributed by atoms with Crippen LogP contribution in [0.1, 0.15) is 141 Å². The third kappa shape index (κ3) is 18.1. The molecule has 43 heavy (non-hydrogen) atoms. The zero-order chi connectivity index (χ0) is 30.8. The fourth-order valence-corrected chi connectivity index (χ4v) is 5.22. The molecule has 1 heterocycles. The number of rotatable bonds is 25. The van der Waals surface area contributed by atoms with Crippen LogP contribution in [0.25, 0.3) is 0 Å². The number of anilines is 1. The SMILES string of the molecule is CCCCCCCCCCCC(=O)N[C@@H](C(=O)NCCCCCCCCCCC(=O)Nc1ccncc1)c1ccccc1. The lowest BCUT2D eigenvalue weighted by atomic mass is 10.0. The highest BCUT2D eigenvalue weighted by Crippen LogP contribution is 2.15. The van der Waals surface area contributed by atoms with E-state index in [0.29, 0.717) is 19.4 Å². The van der Waals surface area contributed by atoms with Gasteiger partial charge in [0.2, 0.25) is 17.7 Å². The van der Waals surface area contributed by atoms with Crippen LogP contribution in [0.5, 0.6) is 0 Å². The molecule has 1 aromatic carbocycles. The molecule has 7 heteroatoms. The number of amides is 3. The van der Waals surface area contributed by atoms with Crippen LogP contribution in [0.3, 0.4) is 0 Å². The minimum Gasteiger partial charge on any atom is -0.354 e. The van der Waals surface area contributed by atoms with Crippen molar-refractivity contribution in [2.45, 2.75) is 135 Å². The van der Waals surface area contributed by atoms with Crippen LogP contribution in [-0.4, -0.2) is 29.3 Å². The summed E-state index contributed by atoms with van der Waals surface area (Å²) in [7, 11) is 0. The summed E-state index contributed by atoms with van der Waals surface area (Å²) in [5, 5.41) is 8.92. The molecule has 3 amide bonds. The standard InChI is InChI=1S/C36H56N4O3/c1-2-3-4-5-6-7-10-14-20-25-34(42)40-35(31-22-17-16-18-23-31)36(43)38-28-21-15-12-9-8-11-13-19-24-33(41)39-32-26-29-37-30-27-32/h16-18,22-23,26-27,29-30,35H,2-15,19-21,24-25,28H2,1H3,(H,38,43)(H,40,42)(H,37,39,41)/t35-/m1/s1. The quantitative estimate of drug-likeness (QED) is 0.101. The molecule has 2 rings (SSSR count). The maximum Gasteiger partial charge on any atom is 0.247 e. The van der Waals surface area contributed by atoms with Crippen molar-refractivity contribution in [3.05, 3.63) is 60.4 Å². The molecule has 2 aromatic rings. The van der Waals surface area contributed by atoms with Crippen molar-refractivity contribution in [1.82, 2.24) is 15.6 Å². The Hall–Kier alpha value is -3.22. The number of hydrogen-bond donors (Lipinski definition) is 3. The van der Waals surface area contributed by atoms with Crippen LogP contribution in [0.15, 0.2) is 54.9 Å². The summed E-state index contributed by atoms with van der Waals surface area (Å²) in [6.45, 7) is 2.85.